The molecule has 0 aliphatic rings. The standard InChI is InChI=1S/C9H8ClN3O/c1-13(6-11)9(14)12-8-5-3-2-4-7(8)10/h2-5H,1H3,(H,12,14). The van der Waals surface area contributed by atoms with Gasteiger partial charge in [0.15, 0.2) is 6.19 Å². The summed E-state index contributed by atoms with van der Waals surface area (Å²) in [7, 11) is 1.37. The molecule has 0 saturated carbocycles. The minimum absolute atomic E-state index is 0.437. The highest BCUT2D eigenvalue weighted by Crippen LogP contribution is 2.20. The lowest BCUT2D eigenvalue weighted by Crippen LogP contribution is -2.26. The zero-order valence-electron chi connectivity index (χ0n) is 7.49. The number of urea groups is 1. The molecule has 0 aromatic heterocycles. The van der Waals surface area contributed by atoms with Crippen LogP contribution in [0, 0.1) is 11.5 Å². The van der Waals surface area contributed by atoms with Crippen molar-refractivity contribution < 1.29 is 4.79 Å². The van der Waals surface area contributed by atoms with E-state index in [9.17, 15) is 4.79 Å². The van der Waals surface area contributed by atoms with Crippen LogP contribution in [0.15, 0.2) is 24.3 Å². The number of nitrogens with zero attached hydrogens (tertiary/aromatic N) is 2. The predicted molar refractivity (Wildman–Crippen MR) is 53.8 cm³/mol. The summed E-state index contributed by atoms with van der Waals surface area (Å²) in [4.78, 5) is 12.1. The number of anilines is 1. The quantitative estimate of drug-likeness (QED) is 0.570. The van der Waals surface area contributed by atoms with E-state index in [2.05, 4.69) is 5.32 Å². The van der Waals surface area contributed by atoms with Gasteiger partial charge in [0.1, 0.15) is 0 Å². The minimum Gasteiger partial charge on any atom is -0.306 e. The number of rotatable bonds is 1. The van der Waals surface area contributed by atoms with Crippen molar-refractivity contribution in [3.8, 4) is 6.19 Å². The van der Waals surface area contributed by atoms with E-state index < -0.39 is 6.03 Å². The van der Waals surface area contributed by atoms with E-state index in [1.807, 2.05) is 0 Å². The number of nitrogens with one attached hydrogen (secondary N) is 1. The van der Waals surface area contributed by atoms with E-state index >= 15 is 0 Å². The molecule has 1 aromatic carbocycles. The molecule has 4 nitrogen and oxygen atoms in total. The van der Waals surface area contributed by atoms with Crippen molar-refractivity contribution in [2.75, 3.05) is 12.4 Å². The zero-order chi connectivity index (χ0) is 10.6. The van der Waals surface area contributed by atoms with E-state index in [0.717, 1.165) is 4.90 Å². The molecule has 2 amide bonds. The van der Waals surface area contributed by atoms with Gasteiger partial charge in [-0.25, -0.2) is 9.69 Å². The predicted octanol–water partition coefficient (Wildman–Crippen LogP) is 2.28. The first-order valence-electron chi connectivity index (χ1n) is 3.84. The van der Waals surface area contributed by atoms with Crippen LogP contribution < -0.4 is 5.32 Å². The van der Waals surface area contributed by atoms with Gasteiger partial charge in [0.05, 0.1) is 10.7 Å². The average Bonchev–Trinajstić information content (AvgIpc) is 2.20. The SMILES string of the molecule is CN(C#N)C(=O)Nc1ccccc1Cl. The van der Waals surface area contributed by atoms with E-state index in [0.29, 0.717) is 10.7 Å². The summed E-state index contributed by atoms with van der Waals surface area (Å²) in [6.45, 7) is 0. The van der Waals surface area contributed by atoms with Crippen molar-refractivity contribution >= 4 is 23.3 Å². The van der Waals surface area contributed by atoms with Gasteiger partial charge in [-0.1, -0.05) is 23.7 Å². The van der Waals surface area contributed by atoms with Gasteiger partial charge in [-0.2, -0.15) is 5.26 Å². The Morgan fingerprint density at radius 2 is 2.21 bits per heavy atom. The molecule has 5 heteroatoms. The number of hydrogen-bond donors (Lipinski definition) is 1. The summed E-state index contributed by atoms with van der Waals surface area (Å²) in [5.41, 5.74) is 0.487. The summed E-state index contributed by atoms with van der Waals surface area (Å²) in [6, 6.07) is 6.30. The van der Waals surface area contributed by atoms with Gasteiger partial charge >= 0.3 is 6.03 Å². The highest BCUT2D eigenvalue weighted by molar-refractivity contribution is 6.33. The summed E-state index contributed by atoms with van der Waals surface area (Å²) < 4.78 is 0. The third-order valence-electron chi connectivity index (χ3n) is 1.57. The second-order valence-corrected chi connectivity index (χ2v) is 2.98. The Balaban J connectivity index is 2.76. The maximum Gasteiger partial charge on any atom is 0.334 e. The first-order chi connectivity index (χ1) is 6.65. The first-order valence-corrected chi connectivity index (χ1v) is 4.22. The lowest BCUT2D eigenvalue weighted by Gasteiger charge is -2.09. The number of carbonyl (C=O) groups is 1. The van der Waals surface area contributed by atoms with Crippen molar-refractivity contribution in [2.24, 2.45) is 0 Å². The first kappa shape index (κ1) is 10.4. The van der Waals surface area contributed by atoms with Crippen molar-refractivity contribution in [3.63, 3.8) is 0 Å². The van der Waals surface area contributed by atoms with Gasteiger partial charge in [0.2, 0.25) is 0 Å². The third kappa shape index (κ3) is 2.38. The lowest BCUT2D eigenvalue weighted by atomic mass is 10.3. The smallest absolute Gasteiger partial charge is 0.306 e. The van der Waals surface area contributed by atoms with E-state index in [4.69, 9.17) is 16.9 Å². The molecular weight excluding hydrogens is 202 g/mol. The molecule has 0 radical (unpaired) electrons. The Labute approximate surface area is 86.7 Å². The monoisotopic (exact) mass is 209 g/mol. The van der Waals surface area contributed by atoms with E-state index in [-0.39, 0.29) is 0 Å². The van der Waals surface area contributed by atoms with E-state index in [1.54, 1.807) is 30.5 Å². The highest BCUT2D eigenvalue weighted by Gasteiger charge is 2.08. The number of benzene rings is 1. The molecule has 0 saturated heterocycles. The molecule has 1 rings (SSSR count). The molecule has 0 atom stereocenters. The van der Waals surface area contributed by atoms with Crippen LogP contribution in [0.5, 0.6) is 0 Å². The highest BCUT2D eigenvalue weighted by atomic mass is 35.5. The molecule has 0 aliphatic carbocycles. The third-order valence-corrected chi connectivity index (χ3v) is 1.90. The summed E-state index contributed by atoms with van der Waals surface area (Å²) >= 11 is 5.80. The average molecular weight is 210 g/mol. The molecule has 0 fully saturated rings. The molecule has 0 unspecified atom stereocenters. The fourth-order valence-electron chi connectivity index (χ4n) is 0.807. The molecular formula is C9H8ClN3O. The second kappa shape index (κ2) is 4.49. The zero-order valence-corrected chi connectivity index (χ0v) is 8.25. The van der Waals surface area contributed by atoms with Crippen LogP contribution in [0.3, 0.4) is 0 Å². The maximum atomic E-state index is 11.2. The fourth-order valence-corrected chi connectivity index (χ4v) is 0.990. The topological polar surface area (TPSA) is 56.1 Å². The maximum absolute atomic E-state index is 11.2. The molecule has 1 aromatic rings. The molecule has 14 heavy (non-hydrogen) atoms. The summed E-state index contributed by atoms with van der Waals surface area (Å²) in [5.74, 6) is 0. The van der Waals surface area contributed by atoms with Crippen LogP contribution in [0.1, 0.15) is 0 Å². The molecule has 0 spiro atoms. The number of carbonyl (C=O) groups excluding carboxylic acids is 1. The van der Waals surface area contributed by atoms with Crippen LogP contribution in [0.25, 0.3) is 0 Å². The van der Waals surface area contributed by atoms with Crippen LogP contribution >= 0.6 is 11.6 Å². The van der Waals surface area contributed by atoms with Crippen LogP contribution in [-0.2, 0) is 0 Å². The Hall–Kier alpha value is -1.73. The Morgan fingerprint density at radius 3 is 2.79 bits per heavy atom. The minimum atomic E-state index is -0.513. The van der Waals surface area contributed by atoms with Gasteiger partial charge < -0.3 is 5.32 Å². The fraction of sp³-hybridized carbons (Fsp3) is 0.111. The lowest BCUT2D eigenvalue weighted by molar-refractivity contribution is 0.237. The van der Waals surface area contributed by atoms with Crippen LogP contribution in [0.4, 0.5) is 10.5 Å². The molecule has 0 aliphatic heterocycles. The van der Waals surface area contributed by atoms with Gasteiger partial charge in [-0.15, -0.1) is 0 Å². The number of para-hydroxylation sites is 1. The van der Waals surface area contributed by atoms with Crippen molar-refractivity contribution in [3.05, 3.63) is 29.3 Å². The summed E-state index contributed by atoms with van der Waals surface area (Å²) in [6.07, 6.45) is 1.68. The number of halogens is 1. The number of amides is 2. The normalized spacial score (nSPS) is 8.93. The van der Waals surface area contributed by atoms with Gasteiger partial charge in [0, 0.05) is 7.05 Å². The van der Waals surface area contributed by atoms with Crippen molar-refractivity contribution in [2.45, 2.75) is 0 Å². The van der Waals surface area contributed by atoms with Gasteiger partial charge in [-0.3, -0.25) is 0 Å². The van der Waals surface area contributed by atoms with Crippen molar-refractivity contribution in [1.82, 2.24) is 4.90 Å². The molecule has 0 bridgehead atoms. The largest absolute Gasteiger partial charge is 0.334 e. The summed E-state index contributed by atoms with van der Waals surface area (Å²) in [5, 5.41) is 11.4. The van der Waals surface area contributed by atoms with Crippen LogP contribution in [-0.4, -0.2) is 18.0 Å². The second-order valence-electron chi connectivity index (χ2n) is 2.57. The van der Waals surface area contributed by atoms with Crippen LogP contribution in [0.2, 0.25) is 5.02 Å². The van der Waals surface area contributed by atoms with E-state index in [1.165, 1.54) is 7.05 Å². The van der Waals surface area contributed by atoms with Gasteiger partial charge in [0.25, 0.3) is 0 Å². The number of hydrogen-bond acceptors (Lipinski definition) is 2. The number of nitriles is 1. The molecule has 0 heterocycles. The molecule has 72 valence electrons. The Morgan fingerprint density at radius 1 is 1.57 bits per heavy atom. The molecule has 1 N–H and O–H groups in total. The van der Waals surface area contributed by atoms with Gasteiger partial charge in [-0.05, 0) is 12.1 Å². The van der Waals surface area contributed by atoms with Crippen molar-refractivity contribution in [1.29, 1.82) is 5.26 Å². The Kier molecular flexibility index (Phi) is 3.32. The Bertz CT molecular complexity index is 386.